The highest BCUT2D eigenvalue weighted by Gasteiger charge is 2.16. The van der Waals surface area contributed by atoms with Crippen LogP contribution < -0.4 is 4.90 Å². The van der Waals surface area contributed by atoms with Gasteiger partial charge in [-0.15, -0.1) is 0 Å². The number of hydrogen-bond acceptors (Lipinski definition) is 6. The standard InChI is InChI=1S/C19H28N4O2/c1-15(2)12-19-20-18(21-25-19)14-22(3)13-16-6-4-5-7-17(16)23-8-10-24-11-9-23/h4-7,15H,8-14H2,1-3H3. The Kier molecular flexibility index (Phi) is 6.04. The molecule has 0 unspecified atom stereocenters. The molecule has 1 fully saturated rings. The van der Waals surface area contributed by atoms with Crippen LogP contribution in [-0.4, -0.2) is 48.4 Å². The summed E-state index contributed by atoms with van der Waals surface area (Å²) >= 11 is 0. The Balaban J connectivity index is 1.62. The number of benzene rings is 1. The van der Waals surface area contributed by atoms with E-state index in [2.05, 4.69) is 65.1 Å². The van der Waals surface area contributed by atoms with E-state index in [-0.39, 0.29) is 0 Å². The summed E-state index contributed by atoms with van der Waals surface area (Å²) in [7, 11) is 2.09. The quantitative estimate of drug-likeness (QED) is 0.770. The Hall–Kier alpha value is -1.92. The van der Waals surface area contributed by atoms with Crippen LogP contribution in [0, 0.1) is 5.92 Å². The van der Waals surface area contributed by atoms with Crippen LogP contribution in [-0.2, 0) is 24.2 Å². The van der Waals surface area contributed by atoms with E-state index in [1.165, 1.54) is 11.3 Å². The molecule has 2 heterocycles. The van der Waals surface area contributed by atoms with Crippen LogP contribution in [0.25, 0.3) is 0 Å². The molecular weight excluding hydrogens is 316 g/mol. The van der Waals surface area contributed by atoms with Gasteiger partial charge in [0, 0.05) is 31.7 Å². The van der Waals surface area contributed by atoms with E-state index in [0.29, 0.717) is 12.5 Å². The fourth-order valence-corrected chi connectivity index (χ4v) is 3.13. The molecule has 3 rings (SSSR count). The highest BCUT2D eigenvalue weighted by atomic mass is 16.5. The van der Waals surface area contributed by atoms with Gasteiger partial charge in [-0.1, -0.05) is 37.2 Å². The van der Waals surface area contributed by atoms with E-state index in [9.17, 15) is 0 Å². The van der Waals surface area contributed by atoms with Crippen LogP contribution in [0.15, 0.2) is 28.8 Å². The average Bonchev–Trinajstić information content (AvgIpc) is 3.02. The lowest BCUT2D eigenvalue weighted by Gasteiger charge is -2.31. The molecule has 0 aliphatic carbocycles. The minimum Gasteiger partial charge on any atom is -0.378 e. The van der Waals surface area contributed by atoms with Crippen molar-refractivity contribution in [3.63, 3.8) is 0 Å². The van der Waals surface area contributed by atoms with Gasteiger partial charge in [-0.2, -0.15) is 4.98 Å². The van der Waals surface area contributed by atoms with Gasteiger partial charge in [0.25, 0.3) is 0 Å². The number of morpholine rings is 1. The molecule has 1 saturated heterocycles. The first kappa shape index (κ1) is 17.9. The molecule has 1 aliphatic rings. The summed E-state index contributed by atoms with van der Waals surface area (Å²) in [4.78, 5) is 9.13. The lowest BCUT2D eigenvalue weighted by molar-refractivity contribution is 0.122. The van der Waals surface area contributed by atoms with Gasteiger partial charge in [0.2, 0.25) is 5.89 Å². The van der Waals surface area contributed by atoms with Gasteiger partial charge in [-0.05, 0) is 24.6 Å². The molecule has 1 aromatic carbocycles. The SMILES string of the molecule is CC(C)Cc1nc(CN(C)Cc2ccccc2N2CCOCC2)no1. The number of nitrogens with zero attached hydrogens (tertiary/aromatic N) is 4. The predicted molar refractivity (Wildman–Crippen MR) is 97.5 cm³/mol. The van der Waals surface area contributed by atoms with Crippen molar-refractivity contribution >= 4 is 5.69 Å². The maximum absolute atomic E-state index is 5.47. The molecule has 0 bridgehead atoms. The maximum Gasteiger partial charge on any atom is 0.226 e. The summed E-state index contributed by atoms with van der Waals surface area (Å²) in [5, 5.41) is 4.11. The monoisotopic (exact) mass is 344 g/mol. The van der Waals surface area contributed by atoms with E-state index in [1.807, 2.05) is 0 Å². The number of hydrogen-bond donors (Lipinski definition) is 0. The maximum atomic E-state index is 5.47. The highest BCUT2D eigenvalue weighted by molar-refractivity contribution is 5.53. The summed E-state index contributed by atoms with van der Waals surface area (Å²) in [6.07, 6.45) is 0.830. The van der Waals surface area contributed by atoms with E-state index in [4.69, 9.17) is 9.26 Å². The normalized spacial score (nSPS) is 15.3. The van der Waals surface area contributed by atoms with E-state index < -0.39 is 0 Å². The third-order valence-electron chi connectivity index (χ3n) is 4.29. The van der Waals surface area contributed by atoms with Crippen molar-refractivity contribution in [2.24, 2.45) is 5.92 Å². The minimum absolute atomic E-state index is 0.520. The molecule has 0 N–H and O–H groups in total. The smallest absolute Gasteiger partial charge is 0.226 e. The molecule has 0 amide bonds. The van der Waals surface area contributed by atoms with E-state index in [1.54, 1.807) is 0 Å². The van der Waals surface area contributed by atoms with Gasteiger partial charge < -0.3 is 14.2 Å². The van der Waals surface area contributed by atoms with Gasteiger partial charge in [0.1, 0.15) is 0 Å². The van der Waals surface area contributed by atoms with Crippen LogP contribution in [0.2, 0.25) is 0 Å². The Labute approximate surface area is 149 Å². The molecular formula is C19H28N4O2. The zero-order chi connectivity index (χ0) is 17.6. The summed E-state index contributed by atoms with van der Waals surface area (Å²) in [5.41, 5.74) is 2.61. The number of ether oxygens (including phenoxy) is 1. The number of rotatable bonds is 7. The molecule has 1 aliphatic heterocycles. The van der Waals surface area contributed by atoms with Crippen LogP contribution >= 0.6 is 0 Å². The van der Waals surface area contributed by atoms with Gasteiger partial charge in [0.05, 0.1) is 19.8 Å². The summed E-state index contributed by atoms with van der Waals surface area (Å²) in [5.74, 6) is 2.00. The Morgan fingerprint density at radius 1 is 1.16 bits per heavy atom. The minimum atomic E-state index is 0.520. The second-order valence-electron chi connectivity index (χ2n) is 7.10. The molecule has 25 heavy (non-hydrogen) atoms. The van der Waals surface area contributed by atoms with Gasteiger partial charge in [0.15, 0.2) is 5.82 Å². The van der Waals surface area contributed by atoms with Crippen molar-refractivity contribution in [2.75, 3.05) is 38.3 Å². The van der Waals surface area contributed by atoms with Crippen LogP contribution in [0.3, 0.4) is 0 Å². The average molecular weight is 344 g/mol. The molecule has 0 saturated carbocycles. The zero-order valence-corrected chi connectivity index (χ0v) is 15.4. The molecule has 0 radical (unpaired) electrons. The first-order valence-electron chi connectivity index (χ1n) is 9.02. The third-order valence-corrected chi connectivity index (χ3v) is 4.29. The molecule has 1 aromatic heterocycles. The lowest BCUT2D eigenvalue weighted by Crippen LogP contribution is -2.37. The van der Waals surface area contributed by atoms with E-state index in [0.717, 1.165) is 51.0 Å². The molecule has 2 aromatic rings. The molecule has 0 spiro atoms. The second-order valence-corrected chi connectivity index (χ2v) is 7.10. The van der Waals surface area contributed by atoms with Crippen molar-refractivity contribution in [2.45, 2.75) is 33.4 Å². The van der Waals surface area contributed by atoms with Crippen molar-refractivity contribution in [3.05, 3.63) is 41.5 Å². The number of aromatic nitrogens is 2. The number of para-hydroxylation sites is 1. The summed E-state index contributed by atoms with van der Waals surface area (Å²) in [6.45, 7) is 9.32. The fraction of sp³-hybridized carbons (Fsp3) is 0.579. The third kappa shape index (κ3) is 5.03. The fourth-order valence-electron chi connectivity index (χ4n) is 3.13. The summed E-state index contributed by atoms with van der Waals surface area (Å²) < 4.78 is 10.8. The Morgan fingerprint density at radius 2 is 1.92 bits per heavy atom. The number of anilines is 1. The largest absolute Gasteiger partial charge is 0.378 e. The Morgan fingerprint density at radius 3 is 2.68 bits per heavy atom. The Bertz CT molecular complexity index is 665. The summed E-state index contributed by atoms with van der Waals surface area (Å²) in [6, 6.07) is 8.60. The van der Waals surface area contributed by atoms with Crippen molar-refractivity contribution in [1.29, 1.82) is 0 Å². The molecule has 136 valence electrons. The van der Waals surface area contributed by atoms with Crippen LogP contribution in [0.1, 0.15) is 31.1 Å². The molecule has 6 nitrogen and oxygen atoms in total. The molecule has 0 atom stereocenters. The van der Waals surface area contributed by atoms with E-state index >= 15 is 0 Å². The van der Waals surface area contributed by atoms with Gasteiger partial charge >= 0.3 is 0 Å². The predicted octanol–water partition coefficient (Wildman–Crippen LogP) is 2.74. The second kappa shape index (κ2) is 8.45. The topological polar surface area (TPSA) is 54.6 Å². The van der Waals surface area contributed by atoms with Crippen molar-refractivity contribution in [1.82, 2.24) is 15.0 Å². The van der Waals surface area contributed by atoms with Crippen LogP contribution in [0.4, 0.5) is 5.69 Å². The van der Waals surface area contributed by atoms with Crippen molar-refractivity contribution < 1.29 is 9.26 Å². The highest BCUT2D eigenvalue weighted by Crippen LogP contribution is 2.23. The first-order chi connectivity index (χ1) is 12.1. The van der Waals surface area contributed by atoms with Gasteiger partial charge in [-0.3, -0.25) is 4.90 Å². The lowest BCUT2D eigenvalue weighted by atomic mass is 10.1. The van der Waals surface area contributed by atoms with Gasteiger partial charge in [-0.25, -0.2) is 0 Å². The van der Waals surface area contributed by atoms with Crippen molar-refractivity contribution in [3.8, 4) is 0 Å². The first-order valence-corrected chi connectivity index (χ1v) is 9.02. The zero-order valence-electron chi connectivity index (χ0n) is 15.4. The van der Waals surface area contributed by atoms with Crippen LogP contribution in [0.5, 0.6) is 0 Å². The molecule has 6 heteroatoms.